The number of hydrogen-bond donors (Lipinski definition) is 2. The number of aliphatic carboxylic acids is 1. The second-order valence-electron chi connectivity index (χ2n) is 5.14. The Balaban J connectivity index is 2.22. The molecule has 1 aromatic carbocycles. The van der Waals surface area contributed by atoms with Crippen LogP contribution in [0.15, 0.2) is 12.1 Å². The van der Waals surface area contributed by atoms with Crippen LogP contribution in [-0.4, -0.2) is 48.0 Å². The standard InChI is InChI=1S/C14H17N3O6/c1-23-11-3-2-9(17(21)22)13-8(11)4-6-16(13)7-5-10(18)12(15)14(19)20/h2-3,12H,4-7,15H2,1H3,(H,19,20). The Hall–Kier alpha value is -2.68. The number of nitrogens with zero attached hydrogens (tertiary/aromatic N) is 2. The lowest BCUT2D eigenvalue weighted by molar-refractivity contribution is -0.384. The van der Waals surface area contributed by atoms with E-state index < -0.39 is 22.7 Å². The molecule has 0 amide bonds. The summed E-state index contributed by atoms with van der Waals surface area (Å²) in [4.78, 5) is 34.8. The fraction of sp³-hybridized carbons (Fsp3) is 0.429. The fourth-order valence-corrected chi connectivity index (χ4v) is 2.66. The van der Waals surface area contributed by atoms with Crippen molar-refractivity contribution in [1.82, 2.24) is 0 Å². The number of anilines is 1. The Morgan fingerprint density at radius 2 is 2.22 bits per heavy atom. The zero-order valence-corrected chi connectivity index (χ0v) is 12.5. The zero-order chi connectivity index (χ0) is 17.1. The molecule has 2 rings (SSSR count). The molecule has 1 unspecified atom stereocenters. The van der Waals surface area contributed by atoms with E-state index in [9.17, 15) is 19.7 Å². The third-order valence-corrected chi connectivity index (χ3v) is 3.82. The molecule has 9 heteroatoms. The van der Waals surface area contributed by atoms with Gasteiger partial charge in [0.05, 0.1) is 12.0 Å². The topological polar surface area (TPSA) is 136 Å². The SMILES string of the molecule is COc1ccc([N+](=O)[O-])c2c1CCN2CCC(=O)C(N)C(=O)O. The minimum absolute atomic E-state index is 0.0618. The molecule has 0 saturated carbocycles. The molecular weight excluding hydrogens is 306 g/mol. The third-order valence-electron chi connectivity index (χ3n) is 3.82. The summed E-state index contributed by atoms with van der Waals surface area (Å²) in [5.41, 5.74) is 6.35. The van der Waals surface area contributed by atoms with Crippen LogP contribution in [0.1, 0.15) is 12.0 Å². The first-order valence-electron chi connectivity index (χ1n) is 6.97. The minimum atomic E-state index is -1.57. The summed E-state index contributed by atoms with van der Waals surface area (Å²) in [5, 5.41) is 19.9. The van der Waals surface area contributed by atoms with Gasteiger partial charge in [-0.1, -0.05) is 0 Å². The maximum atomic E-state index is 11.7. The molecule has 1 aliphatic rings. The second kappa shape index (κ2) is 6.61. The summed E-state index contributed by atoms with van der Waals surface area (Å²) in [6.07, 6.45) is 0.459. The van der Waals surface area contributed by atoms with Crippen molar-refractivity contribution in [1.29, 1.82) is 0 Å². The molecule has 1 atom stereocenters. The van der Waals surface area contributed by atoms with E-state index in [2.05, 4.69) is 0 Å². The summed E-state index contributed by atoms with van der Waals surface area (Å²) >= 11 is 0. The average molecular weight is 323 g/mol. The molecule has 0 saturated heterocycles. The number of carboxylic acid groups (broad SMARTS) is 1. The van der Waals surface area contributed by atoms with Crippen LogP contribution in [0.2, 0.25) is 0 Å². The van der Waals surface area contributed by atoms with E-state index in [1.165, 1.54) is 13.2 Å². The molecule has 0 spiro atoms. The Labute approximate surface area is 131 Å². The molecule has 0 aromatic heterocycles. The average Bonchev–Trinajstić information content (AvgIpc) is 2.94. The second-order valence-corrected chi connectivity index (χ2v) is 5.14. The lowest BCUT2D eigenvalue weighted by atomic mass is 10.1. The van der Waals surface area contributed by atoms with Crippen molar-refractivity contribution >= 4 is 23.1 Å². The maximum Gasteiger partial charge on any atom is 0.328 e. The van der Waals surface area contributed by atoms with Gasteiger partial charge in [-0.25, -0.2) is 0 Å². The molecule has 9 nitrogen and oxygen atoms in total. The van der Waals surface area contributed by atoms with Crippen LogP contribution in [0.3, 0.4) is 0 Å². The summed E-state index contributed by atoms with van der Waals surface area (Å²) in [6, 6.07) is 1.34. The molecule has 124 valence electrons. The van der Waals surface area contributed by atoms with E-state index in [4.69, 9.17) is 15.6 Å². The summed E-state index contributed by atoms with van der Waals surface area (Å²) < 4.78 is 5.22. The highest BCUT2D eigenvalue weighted by atomic mass is 16.6. The molecule has 0 bridgehead atoms. The first kappa shape index (κ1) is 16.7. The Bertz CT molecular complexity index is 660. The van der Waals surface area contributed by atoms with Crippen molar-refractivity contribution in [2.75, 3.05) is 25.1 Å². The number of hydrogen-bond acceptors (Lipinski definition) is 7. The van der Waals surface area contributed by atoms with E-state index in [-0.39, 0.29) is 18.7 Å². The number of nitrogens with two attached hydrogens (primary N) is 1. The van der Waals surface area contributed by atoms with Gasteiger partial charge in [0, 0.05) is 31.1 Å². The summed E-state index contributed by atoms with van der Waals surface area (Å²) in [7, 11) is 1.49. The monoisotopic (exact) mass is 323 g/mol. The number of Topliss-reactive ketones (excluding diaryl/α,β-unsaturated/α-hetero) is 1. The maximum absolute atomic E-state index is 11.7. The Morgan fingerprint density at radius 3 is 2.78 bits per heavy atom. The van der Waals surface area contributed by atoms with Crippen molar-refractivity contribution in [2.45, 2.75) is 18.9 Å². The minimum Gasteiger partial charge on any atom is -0.496 e. The van der Waals surface area contributed by atoms with Gasteiger partial charge >= 0.3 is 5.97 Å². The highest BCUT2D eigenvalue weighted by Gasteiger charge is 2.32. The molecule has 1 aliphatic heterocycles. The van der Waals surface area contributed by atoms with Crippen molar-refractivity contribution in [3.8, 4) is 5.75 Å². The third kappa shape index (κ3) is 3.24. The van der Waals surface area contributed by atoms with Crippen molar-refractivity contribution in [2.24, 2.45) is 5.73 Å². The largest absolute Gasteiger partial charge is 0.496 e. The molecule has 3 N–H and O–H groups in total. The van der Waals surface area contributed by atoms with Gasteiger partial charge in [-0.05, 0) is 12.5 Å². The quantitative estimate of drug-likeness (QED) is 0.416. The smallest absolute Gasteiger partial charge is 0.328 e. The van der Waals surface area contributed by atoms with Gasteiger partial charge in [0.2, 0.25) is 0 Å². The van der Waals surface area contributed by atoms with Gasteiger partial charge in [-0.3, -0.25) is 19.7 Å². The van der Waals surface area contributed by atoms with Crippen LogP contribution < -0.4 is 15.4 Å². The first-order valence-corrected chi connectivity index (χ1v) is 6.97. The number of methoxy groups -OCH3 is 1. The van der Waals surface area contributed by atoms with E-state index in [1.54, 1.807) is 11.0 Å². The van der Waals surface area contributed by atoms with E-state index in [0.717, 1.165) is 5.56 Å². The van der Waals surface area contributed by atoms with Crippen molar-refractivity contribution < 1.29 is 24.4 Å². The van der Waals surface area contributed by atoms with Crippen LogP contribution in [-0.2, 0) is 16.0 Å². The van der Waals surface area contributed by atoms with Crippen LogP contribution in [0, 0.1) is 10.1 Å². The Morgan fingerprint density at radius 1 is 1.52 bits per heavy atom. The number of nitro benzene ring substituents is 1. The number of fused-ring (bicyclic) bond motifs is 1. The van der Waals surface area contributed by atoms with Gasteiger partial charge in [0.15, 0.2) is 11.8 Å². The highest BCUT2D eigenvalue weighted by Crippen LogP contribution is 2.42. The van der Waals surface area contributed by atoms with E-state index in [1.807, 2.05) is 0 Å². The number of carbonyl (C=O) groups is 2. The predicted octanol–water partition coefficient (Wildman–Crippen LogP) is 0.337. The van der Waals surface area contributed by atoms with Crippen LogP contribution in [0.4, 0.5) is 11.4 Å². The van der Waals surface area contributed by atoms with E-state index in [0.29, 0.717) is 24.4 Å². The first-order chi connectivity index (χ1) is 10.9. The van der Waals surface area contributed by atoms with E-state index >= 15 is 0 Å². The lowest BCUT2D eigenvalue weighted by Crippen LogP contribution is -2.40. The van der Waals surface area contributed by atoms with Crippen molar-refractivity contribution in [3.05, 3.63) is 27.8 Å². The van der Waals surface area contributed by atoms with Gasteiger partial charge in [-0.2, -0.15) is 0 Å². The molecule has 0 radical (unpaired) electrons. The van der Waals surface area contributed by atoms with Crippen LogP contribution >= 0.6 is 0 Å². The Kier molecular flexibility index (Phi) is 4.80. The number of rotatable bonds is 7. The number of nitro groups is 1. The number of carboxylic acids is 1. The summed E-state index contributed by atoms with van der Waals surface area (Å²) in [5.74, 6) is -1.44. The number of ether oxygens (including phenoxy) is 1. The molecule has 23 heavy (non-hydrogen) atoms. The van der Waals surface area contributed by atoms with Crippen LogP contribution in [0.25, 0.3) is 0 Å². The van der Waals surface area contributed by atoms with Gasteiger partial charge in [-0.15, -0.1) is 0 Å². The van der Waals surface area contributed by atoms with Gasteiger partial charge < -0.3 is 20.5 Å². The van der Waals surface area contributed by atoms with Gasteiger partial charge in [0.1, 0.15) is 11.4 Å². The van der Waals surface area contributed by atoms with Gasteiger partial charge in [0.25, 0.3) is 5.69 Å². The normalized spacial score (nSPS) is 14.3. The number of ketones is 1. The van der Waals surface area contributed by atoms with Crippen LogP contribution in [0.5, 0.6) is 5.75 Å². The molecule has 1 aromatic rings. The molecular formula is C14H17N3O6. The molecule has 0 aliphatic carbocycles. The molecule has 0 fully saturated rings. The number of carbonyl (C=O) groups excluding carboxylic acids is 1. The predicted molar refractivity (Wildman–Crippen MR) is 80.8 cm³/mol. The highest BCUT2D eigenvalue weighted by molar-refractivity contribution is 6.02. The van der Waals surface area contributed by atoms with Crippen molar-refractivity contribution in [3.63, 3.8) is 0 Å². The zero-order valence-electron chi connectivity index (χ0n) is 12.5. The summed E-state index contributed by atoms with van der Waals surface area (Å²) in [6.45, 7) is 0.660. The fourth-order valence-electron chi connectivity index (χ4n) is 2.66. The number of benzene rings is 1. The molecule has 1 heterocycles. The lowest BCUT2D eigenvalue weighted by Gasteiger charge is -2.19.